The summed E-state index contributed by atoms with van der Waals surface area (Å²) >= 11 is 12.1. The number of hydrogen-bond donors (Lipinski definition) is 2. The number of rotatable bonds is 5. The molecule has 0 aliphatic rings. The van der Waals surface area contributed by atoms with Crippen molar-refractivity contribution in [2.75, 3.05) is 0 Å². The van der Waals surface area contributed by atoms with Gasteiger partial charge >= 0.3 is 6.18 Å². The van der Waals surface area contributed by atoms with Gasteiger partial charge in [0.15, 0.2) is 6.10 Å². The van der Waals surface area contributed by atoms with E-state index < -0.39 is 18.2 Å². The third kappa shape index (κ3) is 4.55. The Balaban J connectivity index is 1.71. The molecule has 2 unspecified atom stereocenters. The number of phenolic OH excluding ortho intramolecular Hbond substituents is 1. The average molecular weight is 481 g/mol. The summed E-state index contributed by atoms with van der Waals surface area (Å²) in [5, 5.41) is 25.2. The normalized spacial score (nSPS) is 13.9. The molecule has 4 aromatic rings. The van der Waals surface area contributed by atoms with Crippen LogP contribution in [-0.2, 0) is 6.42 Å². The number of halogens is 5. The second kappa shape index (κ2) is 8.65. The second-order valence-electron chi connectivity index (χ2n) is 7.43. The Morgan fingerprint density at radius 2 is 1.78 bits per heavy atom. The number of aromatic nitrogens is 2. The van der Waals surface area contributed by atoms with Gasteiger partial charge in [0.2, 0.25) is 0 Å². The van der Waals surface area contributed by atoms with Crippen LogP contribution < -0.4 is 0 Å². The van der Waals surface area contributed by atoms with Crippen LogP contribution in [0.25, 0.3) is 16.6 Å². The van der Waals surface area contributed by atoms with Crippen LogP contribution in [0, 0.1) is 0 Å². The summed E-state index contributed by atoms with van der Waals surface area (Å²) < 4.78 is 41.9. The first-order chi connectivity index (χ1) is 15.1. The fourth-order valence-electron chi connectivity index (χ4n) is 3.72. The summed E-state index contributed by atoms with van der Waals surface area (Å²) in [6.07, 6.45) is -5.94. The quantitative estimate of drug-likeness (QED) is 0.353. The van der Waals surface area contributed by atoms with Crippen molar-refractivity contribution < 1.29 is 23.4 Å². The Labute approximate surface area is 191 Å². The van der Waals surface area contributed by atoms with Gasteiger partial charge in [0.25, 0.3) is 0 Å². The van der Waals surface area contributed by atoms with Gasteiger partial charge in [-0.15, -0.1) is 0 Å². The molecule has 0 saturated carbocycles. The van der Waals surface area contributed by atoms with E-state index in [0.717, 1.165) is 5.52 Å². The van der Waals surface area contributed by atoms with E-state index in [0.29, 0.717) is 21.7 Å². The van der Waals surface area contributed by atoms with Crippen LogP contribution in [0.5, 0.6) is 5.75 Å². The van der Waals surface area contributed by atoms with E-state index in [1.54, 1.807) is 53.3 Å². The van der Waals surface area contributed by atoms with E-state index in [2.05, 4.69) is 5.10 Å². The summed E-state index contributed by atoms with van der Waals surface area (Å²) in [4.78, 5) is 0. The Hall–Kier alpha value is -2.74. The minimum atomic E-state index is -4.82. The number of aromatic hydroxyl groups is 1. The van der Waals surface area contributed by atoms with Crippen LogP contribution in [0.2, 0.25) is 10.0 Å². The van der Waals surface area contributed by atoms with Gasteiger partial charge < -0.3 is 10.2 Å². The first-order valence-electron chi connectivity index (χ1n) is 9.59. The molecule has 1 heterocycles. The molecule has 0 radical (unpaired) electrons. The molecule has 9 heteroatoms. The predicted octanol–water partition coefficient (Wildman–Crippen LogP) is 6.29. The van der Waals surface area contributed by atoms with Gasteiger partial charge in [-0.25, -0.2) is 4.68 Å². The van der Waals surface area contributed by atoms with Crippen LogP contribution in [0.3, 0.4) is 0 Å². The Morgan fingerprint density at radius 3 is 2.47 bits per heavy atom. The van der Waals surface area contributed by atoms with Crippen LogP contribution >= 0.6 is 23.2 Å². The molecule has 4 rings (SSSR count). The predicted molar refractivity (Wildman–Crippen MR) is 118 cm³/mol. The Bertz CT molecular complexity index is 1270. The van der Waals surface area contributed by atoms with Gasteiger partial charge in [0, 0.05) is 27.4 Å². The van der Waals surface area contributed by atoms with Crippen molar-refractivity contribution in [3.63, 3.8) is 0 Å². The smallest absolute Gasteiger partial charge is 0.414 e. The third-order valence-corrected chi connectivity index (χ3v) is 5.80. The lowest BCUT2D eigenvalue weighted by molar-refractivity contribution is -0.210. The molecule has 0 amide bonds. The second-order valence-corrected chi connectivity index (χ2v) is 8.28. The van der Waals surface area contributed by atoms with Crippen molar-refractivity contribution >= 4 is 34.1 Å². The number of hydrogen-bond acceptors (Lipinski definition) is 3. The molecule has 0 bridgehead atoms. The topological polar surface area (TPSA) is 58.3 Å². The maximum atomic E-state index is 13.4. The lowest BCUT2D eigenvalue weighted by Gasteiger charge is -2.26. The Kier molecular flexibility index (Phi) is 6.07. The summed E-state index contributed by atoms with van der Waals surface area (Å²) in [6, 6.07) is 15.9. The molecule has 0 spiro atoms. The van der Waals surface area contributed by atoms with Crippen molar-refractivity contribution in [2.45, 2.75) is 24.6 Å². The summed E-state index contributed by atoms with van der Waals surface area (Å²) in [6.45, 7) is 0. The Morgan fingerprint density at radius 1 is 1.00 bits per heavy atom. The van der Waals surface area contributed by atoms with Crippen molar-refractivity contribution in [3.8, 4) is 11.4 Å². The summed E-state index contributed by atoms with van der Waals surface area (Å²) in [5.41, 5.74) is 2.10. The zero-order chi connectivity index (χ0) is 23.0. The van der Waals surface area contributed by atoms with E-state index in [1.807, 2.05) is 0 Å². The molecule has 2 atom stereocenters. The number of nitrogens with zero attached hydrogens (tertiary/aromatic N) is 2. The fraction of sp³-hybridized carbons (Fsp3) is 0.174. The van der Waals surface area contributed by atoms with Crippen LogP contribution in [0.4, 0.5) is 13.2 Å². The minimum Gasteiger partial charge on any atom is -0.508 e. The number of phenols is 1. The molecule has 0 aliphatic heterocycles. The average Bonchev–Trinajstić information content (AvgIpc) is 3.14. The molecule has 0 fully saturated rings. The zero-order valence-corrected chi connectivity index (χ0v) is 17.9. The number of aliphatic hydroxyl groups excluding tert-OH is 1. The van der Waals surface area contributed by atoms with E-state index >= 15 is 0 Å². The third-order valence-electron chi connectivity index (χ3n) is 5.24. The van der Waals surface area contributed by atoms with E-state index in [4.69, 9.17) is 23.2 Å². The fourth-order valence-corrected chi connectivity index (χ4v) is 4.26. The van der Waals surface area contributed by atoms with Gasteiger partial charge in [-0.2, -0.15) is 18.3 Å². The first-order valence-corrected chi connectivity index (χ1v) is 10.3. The molecular formula is C23H17Cl2F3N2O2. The molecule has 0 aliphatic carbocycles. The lowest BCUT2D eigenvalue weighted by atomic mass is 9.86. The van der Waals surface area contributed by atoms with Gasteiger partial charge in [0.1, 0.15) is 5.75 Å². The highest BCUT2D eigenvalue weighted by molar-refractivity contribution is 6.35. The maximum Gasteiger partial charge on any atom is 0.414 e. The molecule has 0 saturated heterocycles. The van der Waals surface area contributed by atoms with Crippen molar-refractivity contribution in [1.82, 2.24) is 9.78 Å². The summed E-state index contributed by atoms with van der Waals surface area (Å²) in [5.74, 6) is -1.23. The van der Waals surface area contributed by atoms with Crippen molar-refractivity contribution in [2.24, 2.45) is 0 Å². The lowest BCUT2D eigenvalue weighted by Crippen LogP contribution is -2.35. The van der Waals surface area contributed by atoms with Crippen LogP contribution in [0.1, 0.15) is 17.0 Å². The number of aliphatic hydroxyl groups is 1. The molecule has 1 aromatic heterocycles. The summed E-state index contributed by atoms with van der Waals surface area (Å²) in [7, 11) is 0. The number of alkyl halides is 3. The van der Waals surface area contributed by atoms with E-state index in [1.165, 1.54) is 18.2 Å². The van der Waals surface area contributed by atoms with Crippen molar-refractivity contribution in [1.29, 1.82) is 0 Å². The molecule has 4 nitrogen and oxygen atoms in total. The molecular weight excluding hydrogens is 464 g/mol. The van der Waals surface area contributed by atoms with E-state index in [9.17, 15) is 23.4 Å². The van der Waals surface area contributed by atoms with Crippen LogP contribution in [-0.4, -0.2) is 32.3 Å². The SMILES string of the molecule is Oc1cccc(-n2ncc3cc(CC(c4ccc(Cl)cc4Cl)C(O)C(F)(F)F)ccc32)c1. The monoisotopic (exact) mass is 480 g/mol. The minimum absolute atomic E-state index is 0.0589. The van der Waals surface area contributed by atoms with E-state index in [-0.39, 0.29) is 22.8 Å². The zero-order valence-electron chi connectivity index (χ0n) is 16.4. The molecule has 2 N–H and O–H groups in total. The maximum absolute atomic E-state index is 13.4. The highest BCUT2D eigenvalue weighted by atomic mass is 35.5. The number of benzene rings is 3. The van der Waals surface area contributed by atoms with Crippen molar-refractivity contribution in [3.05, 3.63) is 88.0 Å². The molecule has 3 aromatic carbocycles. The largest absolute Gasteiger partial charge is 0.508 e. The molecule has 32 heavy (non-hydrogen) atoms. The van der Waals surface area contributed by atoms with Gasteiger partial charge in [-0.1, -0.05) is 41.4 Å². The highest BCUT2D eigenvalue weighted by Gasteiger charge is 2.44. The standard InChI is InChI=1S/C23H17Cl2F3N2O2/c24-15-5-6-18(20(25)10-15)19(22(32)23(26,27)28)9-13-4-7-21-14(8-13)12-29-30(21)16-2-1-3-17(31)11-16/h1-8,10-12,19,22,31-32H,9H2. The first kappa shape index (κ1) is 22.5. The van der Waals surface area contributed by atoms with Crippen LogP contribution in [0.15, 0.2) is 66.9 Å². The van der Waals surface area contributed by atoms with Gasteiger partial charge in [-0.05, 0) is 53.9 Å². The number of fused-ring (bicyclic) bond motifs is 1. The van der Waals surface area contributed by atoms with Gasteiger partial charge in [0.05, 0.1) is 17.4 Å². The highest BCUT2D eigenvalue weighted by Crippen LogP contribution is 2.38. The molecule has 166 valence electrons. The van der Waals surface area contributed by atoms with Gasteiger partial charge in [-0.3, -0.25) is 0 Å².